The molecule has 4 nitrogen and oxygen atoms in total. The zero-order valence-corrected chi connectivity index (χ0v) is 14.4. The van der Waals surface area contributed by atoms with Gasteiger partial charge in [-0.3, -0.25) is 0 Å². The van der Waals surface area contributed by atoms with Crippen molar-refractivity contribution in [2.24, 2.45) is 0 Å². The van der Waals surface area contributed by atoms with Crippen molar-refractivity contribution in [3.63, 3.8) is 0 Å². The van der Waals surface area contributed by atoms with Gasteiger partial charge in [-0.1, -0.05) is 42.0 Å². The van der Waals surface area contributed by atoms with Crippen LogP contribution in [0.5, 0.6) is 5.75 Å². The van der Waals surface area contributed by atoms with Crippen LogP contribution in [-0.4, -0.2) is 12.1 Å². The highest BCUT2D eigenvalue weighted by Gasteiger charge is 2.45. The maximum atomic E-state index is 12.5. The number of benzene rings is 2. The van der Waals surface area contributed by atoms with Gasteiger partial charge < -0.3 is 15.4 Å². The van der Waals surface area contributed by atoms with Crippen LogP contribution in [0.1, 0.15) is 37.8 Å². The van der Waals surface area contributed by atoms with E-state index >= 15 is 0 Å². The number of nitrogens with one attached hydrogen (secondary N) is 2. The van der Waals surface area contributed by atoms with Crippen molar-refractivity contribution in [1.82, 2.24) is 5.32 Å². The molecule has 0 spiro atoms. The molecular weight excluding hydrogens is 300 g/mol. The monoisotopic (exact) mass is 324 g/mol. The standard InChI is InChI=1S/C20H24N2O2/c1-14(2)24-18-7-5-4-6-17(18)21-19(23)22-20(12-13-20)16-10-8-15(3)9-11-16/h4-11,14H,12-13H2,1-3H3,(H2,21,22,23). The van der Waals surface area contributed by atoms with Crippen molar-refractivity contribution < 1.29 is 9.53 Å². The summed E-state index contributed by atoms with van der Waals surface area (Å²) < 4.78 is 5.75. The largest absolute Gasteiger partial charge is 0.489 e. The molecule has 1 fully saturated rings. The second-order valence-corrected chi connectivity index (χ2v) is 6.69. The molecule has 0 aromatic heterocycles. The fourth-order valence-corrected chi connectivity index (χ4v) is 2.78. The van der Waals surface area contributed by atoms with Crippen LogP contribution in [0.2, 0.25) is 0 Å². The fraction of sp³-hybridized carbons (Fsp3) is 0.350. The molecule has 1 aliphatic rings. The maximum Gasteiger partial charge on any atom is 0.320 e. The van der Waals surface area contributed by atoms with Gasteiger partial charge >= 0.3 is 6.03 Å². The van der Waals surface area contributed by atoms with Gasteiger partial charge in [-0.25, -0.2) is 4.79 Å². The highest BCUT2D eigenvalue weighted by Crippen LogP contribution is 2.45. The average Bonchev–Trinajstić information content (AvgIpc) is 3.30. The Morgan fingerprint density at radius 3 is 2.38 bits per heavy atom. The Bertz CT molecular complexity index is 719. The van der Waals surface area contributed by atoms with E-state index in [0.717, 1.165) is 18.4 Å². The molecule has 1 aliphatic carbocycles. The lowest BCUT2D eigenvalue weighted by atomic mass is 10.0. The smallest absolute Gasteiger partial charge is 0.320 e. The summed E-state index contributed by atoms with van der Waals surface area (Å²) in [7, 11) is 0. The van der Waals surface area contributed by atoms with Gasteiger partial charge in [-0.15, -0.1) is 0 Å². The van der Waals surface area contributed by atoms with Gasteiger partial charge in [0.25, 0.3) is 0 Å². The predicted octanol–water partition coefficient (Wildman–Crippen LogP) is 4.59. The summed E-state index contributed by atoms with van der Waals surface area (Å²) in [6.07, 6.45) is 1.99. The zero-order valence-electron chi connectivity index (χ0n) is 14.4. The van der Waals surface area contributed by atoms with Crippen molar-refractivity contribution in [1.29, 1.82) is 0 Å². The Labute approximate surface area is 143 Å². The van der Waals surface area contributed by atoms with E-state index in [0.29, 0.717) is 11.4 Å². The molecule has 0 unspecified atom stereocenters. The minimum absolute atomic E-state index is 0.0540. The second kappa shape index (κ2) is 6.56. The van der Waals surface area contributed by atoms with Crippen molar-refractivity contribution >= 4 is 11.7 Å². The lowest BCUT2D eigenvalue weighted by Crippen LogP contribution is -2.38. The van der Waals surface area contributed by atoms with Crippen molar-refractivity contribution in [2.45, 2.75) is 45.3 Å². The van der Waals surface area contributed by atoms with Gasteiger partial charge in [0.1, 0.15) is 5.75 Å². The SMILES string of the molecule is Cc1ccc(C2(NC(=O)Nc3ccccc3OC(C)C)CC2)cc1. The Morgan fingerprint density at radius 2 is 1.75 bits per heavy atom. The first-order valence-corrected chi connectivity index (χ1v) is 8.40. The molecule has 2 aromatic carbocycles. The molecule has 0 saturated heterocycles. The molecule has 1 saturated carbocycles. The van der Waals surface area contributed by atoms with E-state index in [2.05, 4.69) is 41.8 Å². The van der Waals surface area contributed by atoms with Crippen LogP contribution in [-0.2, 0) is 5.54 Å². The molecule has 0 radical (unpaired) electrons. The summed E-state index contributed by atoms with van der Waals surface area (Å²) in [6, 6.07) is 15.7. The second-order valence-electron chi connectivity index (χ2n) is 6.69. The topological polar surface area (TPSA) is 50.4 Å². The Balaban J connectivity index is 1.69. The van der Waals surface area contributed by atoms with Crippen LogP contribution in [0.15, 0.2) is 48.5 Å². The van der Waals surface area contributed by atoms with Crippen LogP contribution in [0, 0.1) is 6.92 Å². The van der Waals surface area contributed by atoms with E-state index in [-0.39, 0.29) is 17.7 Å². The number of carbonyl (C=O) groups is 1. The first-order valence-electron chi connectivity index (χ1n) is 8.40. The van der Waals surface area contributed by atoms with Gasteiger partial charge in [0.15, 0.2) is 0 Å². The van der Waals surface area contributed by atoms with Gasteiger partial charge in [0.2, 0.25) is 0 Å². The van der Waals surface area contributed by atoms with Crippen LogP contribution < -0.4 is 15.4 Å². The summed E-state index contributed by atoms with van der Waals surface area (Å²) in [5.74, 6) is 0.683. The van der Waals surface area contributed by atoms with Crippen LogP contribution >= 0.6 is 0 Å². The fourth-order valence-electron chi connectivity index (χ4n) is 2.78. The number of para-hydroxylation sites is 2. The third-order valence-corrected chi connectivity index (χ3v) is 4.20. The molecule has 0 aliphatic heterocycles. The number of hydrogen-bond donors (Lipinski definition) is 2. The molecular formula is C20H24N2O2. The summed E-state index contributed by atoms with van der Waals surface area (Å²) in [5.41, 5.74) is 2.84. The van der Waals surface area contributed by atoms with Gasteiger partial charge in [-0.05, 0) is 51.3 Å². The van der Waals surface area contributed by atoms with Crippen molar-refractivity contribution in [3.8, 4) is 5.75 Å². The van der Waals surface area contributed by atoms with Gasteiger partial charge in [-0.2, -0.15) is 0 Å². The minimum Gasteiger partial charge on any atom is -0.489 e. The third-order valence-electron chi connectivity index (χ3n) is 4.20. The number of hydrogen-bond acceptors (Lipinski definition) is 2. The van der Waals surface area contributed by atoms with E-state index in [1.165, 1.54) is 5.56 Å². The van der Waals surface area contributed by atoms with E-state index in [1.54, 1.807) is 0 Å². The maximum absolute atomic E-state index is 12.5. The number of anilines is 1. The van der Waals surface area contributed by atoms with E-state index in [4.69, 9.17) is 4.74 Å². The lowest BCUT2D eigenvalue weighted by Gasteiger charge is -2.20. The number of carbonyl (C=O) groups excluding carboxylic acids is 1. The van der Waals surface area contributed by atoms with Crippen molar-refractivity contribution in [3.05, 3.63) is 59.7 Å². The van der Waals surface area contributed by atoms with E-state index in [1.807, 2.05) is 38.1 Å². The number of aryl methyl sites for hydroxylation is 1. The summed E-state index contributed by atoms with van der Waals surface area (Å²) in [5, 5.41) is 6.04. The van der Waals surface area contributed by atoms with Crippen LogP contribution in [0.25, 0.3) is 0 Å². The normalized spacial score (nSPS) is 15.0. The van der Waals surface area contributed by atoms with E-state index < -0.39 is 0 Å². The molecule has 2 amide bonds. The van der Waals surface area contributed by atoms with Crippen LogP contribution in [0.4, 0.5) is 10.5 Å². The molecule has 4 heteroatoms. The molecule has 3 rings (SSSR count). The van der Waals surface area contributed by atoms with Crippen LogP contribution in [0.3, 0.4) is 0 Å². The number of ether oxygens (including phenoxy) is 1. The van der Waals surface area contributed by atoms with Crippen molar-refractivity contribution in [2.75, 3.05) is 5.32 Å². The predicted molar refractivity (Wildman–Crippen MR) is 96.5 cm³/mol. The molecule has 2 aromatic rings. The lowest BCUT2D eigenvalue weighted by molar-refractivity contribution is 0.240. The number of amides is 2. The minimum atomic E-state index is -0.231. The quantitative estimate of drug-likeness (QED) is 0.845. The first-order chi connectivity index (χ1) is 11.5. The van der Waals surface area contributed by atoms with E-state index in [9.17, 15) is 4.79 Å². The summed E-state index contributed by atoms with van der Waals surface area (Å²) >= 11 is 0. The summed E-state index contributed by atoms with van der Waals surface area (Å²) in [6.45, 7) is 6.00. The Morgan fingerprint density at radius 1 is 1.08 bits per heavy atom. The highest BCUT2D eigenvalue weighted by molar-refractivity contribution is 5.91. The molecule has 0 atom stereocenters. The molecule has 24 heavy (non-hydrogen) atoms. The molecule has 126 valence electrons. The van der Waals surface area contributed by atoms with Gasteiger partial charge in [0, 0.05) is 0 Å². The van der Waals surface area contributed by atoms with Gasteiger partial charge in [0.05, 0.1) is 17.3 Å². The first kappa shape index (κ1) is 16.4. The molecule has 0 bridgehead atoms. The molecule has 2 N–H and O–H groups in total. The highest BCUT2D eigenvalue weighted by atomic mass is 16.5. The number of urea groups is 1. The zero-order chi connectivity index (χ0) is 17.2. The molecule has 0 heterocycles. The average molecular weight is 324 g/mol. The Kier molecular flexibility index (Phi) is 4.47. The summed E-state index contributed by atoms with van der Waals surface area (Å²) in [4.78, 5) is 12.5. The Hall–Kier alpha value is -2.49. The number of rotatable bonds is 5. The third kappa shape index (κ3) is 3.70.